The average Bonchev–Trinajstić information content (AvgIpc) is 2.66. The number of carbonyl (C=O) groups is 1. The minimum absolute atomic E-state index is 0.232. The van der Waals surface area contributed by atoms with Crippen LogP contribution >= 0.6 is 11.8 Å². The monoisotopic (exact) mass is 428 g/mol. The second-order valence-corrected chi connectivity index (χ2v) is 10.3. The molecule has 1 saturated carbocycles. The van der Waals surface area contributed by atoms with Gasteiger partial charge in [-0.2, -0.15) is 11.8 Å². The SMILES string of the molecule is CCOc1cccc(N(CC(=O)NCCCSC2CCCCC2)S(C)(=O)=O)c1. The molecule has 1 fully saturated rings. The molecule has 1 amide bonds. The van der Waals surface area contributed by atoms with Crippen molar-refractivity contribution in [3.05, 3.63) is 24.3 Å². The van der Waals surface area contributed by atoms with Gasteiger partial charge in [0, 0.05) is 17.9 Å². The molecule has 28 heavy (non-hydrogen) atoms. The topological polar surface area (TPSA) is 75.7 Å². The summed E-state index contributed by atoms with van der Waals surface area (Å²) in [4.78, 5) is 12.3. The van der Waals surface area contributed by atoms with Crippen LogP contribution in [0.3, 0.4) is 0 Å². The number of sulfonamides is 1. The number of thioether (sulfide) groups is 1. The van der Waals surface area contributed by atoms with E-state index in [2.05, 4.69) is 5.32 Å². The number of ether oxygens (including phenoxy) is 1. The first-order chi connectivity index (χ1) is 13.4. The Morgan fingerprint density at radius 2 is 2.04 bits per heavy atom. The molecule has 1 aliphatic carbocycles. The van der Waals surface area contributed by atoms with E-state index in [1.165, 1.54) is 32.1 Å². The number of amides is 1. The normalized spacial score (nSPS) is 15.2. The molecule has 2 rings (SSSR count). The van der Waals surface area contributed by atoms with Gasteiger partial charge in [0.15, 0.2) is 0 Å². The van der Waals surface area contributed by atoms with E-state index in [1.54, 1.807) is 24.3 Å². The zero-order valence-corrected chi connectivity index (χ0v) is 18.5. The van der Waals surface area contributed by atoms with Crippen LogP contribution < -0.4 is 14.4 Å². The van der Waals surface area contributed by atoms with Crippen LogP contribution in [0.25, 0.3) is 0 Å². The molecule has 8 heteroatoms. The van der Waals surface area contributed by atoms with Gasteiger partial charge < -0.3 is 10.1 Å². The highest BCUT2D eigenvalue weighted by molar-refractivity contribution is 7.99. The number of nitrogens with one attached hydrogen (secondary N) is 1. The maximum atomic E-state index is 12.3. The molecule has 0 spiro atoms. The fourth-order valence-corrected chi connectivity index (χ4v) is 5.42. The lowest BCUT2D eigenvalue weighted by Crippen LogP contribution is -2.40. The lowest BCUT2D eigenvalue weighted by atomic mass is 10.0. The van der Waals surface area contributed by atoms with E-state index in [1.807, 2.05) is 18.7 Å². The largest absolute Gasteiger partial charge is 0.494 e. The van der Waals surface area contributed by atoms with E-state index in [9.17, 15) is 13.2 Å². The van der Waals surface area contributed by atoms with Gasteiger partial charge in [-0.1, -0.05) is 25.3 Å². The van der Waals surface area contributed by atoms with Crippen molar-refractivity contribution in [3.8, 4) is 5.75 Å². The lowest BCUT2D eigenvalue weighted by molar-refractivity contribution is -0.119. The van der Waals surface area contributed by atoms with Crippen molar-refractivity contribution in [2.45, 2.75) is 50.7 Å². The van der Waals surface area contributed by atoms with Crippen LogP contribution in [0.4, 0.5) is 5.69 Å². The summed E-state index contributed by atoms with van der Waals surface area (Å²) in [5.74, 6) is 1.31. The Morgan fingerprint density at radius 3 is 2.71 bits per heavy atom. The number of nitrogens with zero attached hydrogens (tertiary/aromatic N) is 1. The summed E-state index contributed by atoms with van der Waals surface area (Å²) in [6, 6.07) is 6.78. The fraction of sp³-hybridized carbons (Fsp3) is 0.650. The summed E-state index contributed by atoms with van der Waals surface area (Å²) in [6.45, 7) is 2.68. The highest BCUT2D eigenvalue weighted by atomic mass is 32.2. The third-order valence-electron chi connectivity index (χ3n) is 4.65. The maximum absolute atomic E-state index is 12.3. The van der Waals surface area contributed by atoms with Crippen LogP contribution in [0.2, 0.25) is 0 Å². The van der Waals surface area contributed by atoms with E-state index in [0.717, 1.165) is 28.0 Å². The average molecular weight is 429 g/mol. The van der Waals surface area contributed by atoms with Crippen molar-refractivity contribution >= 4 is 33.4 Å². The van der Waals surface area contributed by atoms with E-state index >= 15 is 0 Å². The number of carbonyl (C=O) groups excluding carboxylic acids is 1. The van der Waals surface area contributed by atoms with E-state index in [-0.39, 0.29) is 12.5 Å². The first kappa shape index (κ1) is 22.9. The second-order valence-electron chi connectivity index (χ2n) is 7.03. The zero-order valence-electron chi connectivity index (χ0n) is 16.9. The Hall–Kier alpha value is -1.41. The molecule has 0 heterocycles. The lowest BCUT2D eigenvalue weighted by Gasteiger charge is -2.22. The van der Waals surface area contributed by atoms with Crippen molar-refractivity contribution in [1.29, 1.82) is 0 Å². The van der Waals surface area contributed by atoms with Gasteiger partial charge in [0.1, 0.15) is 12.3 Å². The smallest absolute Gasteiger partial charge is 0.240 e. The molecule has 0 unspecified atom stereocenters. The van der Waals surface area contributed by atoms with Crippen molar-refractivity contribution in [3.63, 3.8) is 0 Å². The summed E-state index contributed by atoms with van der Waals surface area (Å²) in [6.07, 6.45) is 8.64. The van der Waals surface area contributed by atoms with Gasteiger partial charge >= 0.3 is 0 Å². The van der Waals surface area contributed by atoms with Crippen LogP contribution in [0.1, 0.15) is 45.4 Å². The molecule has 0 atom stereocenters. The minimum atomic E-state index is -3.58. The molecule has 158 valence electrons. The van der Waals surface area contributed by atoms with E-state index < -0.39 is 10.0 Å². The standard InChI is InChI=1S/C20H32N2O4S2/c1-3-26-18-10-7-9-17(15-18)22(28(2,24)25)16-20(23)21-13-8-14-27-19-11-5-4-6-12-19/h7,9-10,15,19H,3-6,8,11-14,16H2,1-2H3,(H,21,23). The van der Waals surface area contributed by atoms with Gasteiger partial charge in [-0.15, -0.1) is 0 Å². The summed E-state index contributed by atoms with van der Waals surface area (Å²) < 4.78 is 30.9. The summed E-state index contributed by atoms with van der Waals surface area (Å²) in [7, 11) is -3.58. The van der Waals surface area contributed by atoms with Crippen molar-refractivity contribution in [1.82, 2.24) is 5.32 Å². The number of anilines is 1. The highest BCUT2D eigenvalue weighted by Gasteiger charge is 2.21. The predicted octanol–water partition coefficient (Wildman–Crippen LogP) is 3.42. The van der Waals surface area contributed by atoms with Gasteiger partial charge in [-0.05, 0) is 44.1 Å². The third-order valence-corrected chi connectivity index (χ3v) is 7.26. The fourth-order valence-electron chi connectivity index (χ4n) is 3.26. The Kier molecular flexibility index (Phi) is 9.44. The van der Waals surface area contributed by atoms with E-state index in [0.29, 0.717) is 24.6 Å². The van der Waals surface area contributed by atoms with Crippen molar-refractivity contribution in [2.75, 3.05) is 36.0 Å². The van der Waals surface area contributed by atoms with Crippen LogP contribution in [-0.2, 0) is 14.8 Å². The molecule has 0 aliphatic heterocycles. The Labute approximate surface area is 173 Å². The zero-order chi connectivity index (χ0) is 20.4. The minimum Gasteiger partial charge on any atom is -0.494 e. The molecule has 0 aromatic heterocycles. The molecule has 1 aliphatic rings. The molecular formula is C20H32N2O4S2. The molecular weight excluding hydrogens is 396 g/mol. The number of benzene rings is 1. The van der Waals surface area contributed by atoms with Gasteiger partial charge in [-0.3, -0.25) is 9.10 Å². The van der Waals surface area contributed by atoms with Crippen molar-refractivity contribution < 1.29 is 17.9 Å². The molecule has 6 nitrogen and oxygen atoms in total. The Balaban J connectivity index is 1.81. The number of rotatable bonds is 11. The van der Waals surface area contributed by atoms with Crippen molar-refractivity contribution in [2.24, 2.45) is 0 Å². The van der Waals surface area contributed by atoms with Gasteiger partial charge in [-0.25, -0.2) is 8.42 Å². The van der Waals surface area contributed by atoms with Crippen LogP contribution in [-0.4, -0.2) is 51.3 Å². The molecule has 1 aromatic rings. The molecule has 0 saturated heterocycles. The third kappa shape index (κ3) is 7.91. The Morgan fingerprint density at radius 1 is 1.29 bits per heavy atom. The molecule has 1 N–H and O–H groups in total. The first-order valence-corrected chi connectivity index (χ1v) is 12.9. The van der Waals surface area contributed by atoms with Crippen LogP contribution in [0.15, 0.2) is 24.3 Å². The molecule has 0 bridgehead atoms. The van der Waals surface area contributed by atoms with E-state index in [4.69, 9.17) is 4.74 Å². The summed E-state index contributed by atoms with van der Waals surface area (Å²) in [5.41, 5.74) is 0.427. The van der Waals surface area contributed by atoms with Gasteiger partial charge in [0.05, 0.1) is 18.6 Å². The Bertz CT molecular complexity index is 719. The maximum Gasteiger partial charge on any atom is 0.240 e. The number of hydrogen-bond donors (Lipinski definition) is 1. The summed E-state index contributed by atoms with van der Waals surface area (Å²) >= 11 is 2.00. The van der Waals surface area contributed by atoms with Crippen LogP contribution in [0.5, 0.6) is 5.75 Å². The van der Waals surface area contributed by atoms with Gasteiger partial charge in [0.2, 0.25) is 15.9 Å². The van der Waals surface area contributed by atoms with Gasteiger partial charge in [0.25, 0.3) is 0 Å². The van der Waals surface area contributed by atoms with Crippen LogP contribution in [0, 0.1) is 0 Å². The highest BCUT2D eigenvalue weighted by Crippen LogP contribution is 2.28. The first-order valence-electron chi connectivity index (χ1n) is 9.99. The summed E-state index contributed by atoms with van der Waals surface area (Å²) in [5, 5.41) is 3.61. The molecule has 1 aromatic carbocycles. The predicted molar refractivity (Wildman–Crippen MR) is 117 cm³/mol. The molecule has 0 radical (unpaired) electrons. The quantitative estimate of drug-likeness (QED) is 0.547. The number of hydrogen-bond acceptors (Lipinski definition) is 5. The second kappa shape index (κ2) is 11.6.